The minimum absolute atomic E-state index is 0.182. The number of pyridine rings is 1. The van der Waals surface area contributed by atoms with E-state index in [4.69, 9.17) is 9.72 Å². The third-order valence-electron chi connectivity index (χ3n) is 5.73. The van der Waals surface area contributed by atoms with Gasteiger partial charge in [-0.25, -0.2) is 9.78 Å². The Morgan fingerprint density at radius 1 is 1.00 bits per heavy atom. The Balaban J connectivity index is 1.72. The molecule has 31 heavy (non-hydrogen) atoms. The van der Waals surface area contributed by atoms with E-state index >= 15 is 0 Å². The quantitative estimate of drug-likeness (QED) is 0.547. The van der Waals surface area contributed by atoms with Gasteiger partial charge in [-0.2, -0.15) is 0 Å². The summed E-state index contributed by atoms with van der Waals surface area (Å²) in [6.07, 6.45) is 3.67. The Bertz CT molecular complexity index is 1150. The molecular weight excluding hydrogens is 388 g/mol. The average Bonchev–Trinajstić information content (AvgIpc) is 3.19. The maximum Gasteiger partial charge on any atom is 0.339 e. The van der Waals surface area contributed by atoms with Crippen LogP contribution in [0, 0.1) is 0 Å². The lowest BCUT2D eigenvalue weighted by Crippen LogP contribution is -2.34. The van der Waals surface area contributed by atoms with Crippen LogP contribution in [0.4, 0.5) is 0 Å². The Hall–Kier alpha value is -3.47. The maximum absolute atomic E-state index is 13.1. The molecule has 1 heterocycles. The van der Waals surface area contributed by atoms with E-state index < -0.39 is 5.97 Å². The predicted molar refractivity (Wildman–Crippen MR) is 123 cm³/mol. The van der Waals surface area contributed by atoms with Crippen LogP contribution in [0.2, 0.25) is 0 Å². The molecule has 158 valence electrons. The molecule has 4 rings (SSSR count). The number of carbonyl (C=O) groups excluding carboxylic acids is 2. The van der Waals surface area contributed by atoms with Crippen molar-refractivity contribution in [3.63, 3.8) is 0 Å². The van der Waals surface area contributed by atoms with Gasteiger partial charge in [0.25, 0.3) is 5.91 Å². The molecular formula is C26H26N2O3. The summed E-state index contributed by atoms with van der Waals surface area (Å²) in [4.78, 5) is 32.0. The third-order valence-corrected chi connectivity index (χ3v) is 5.73. The number of benzene rings is 2. The molecule has 0 N–H and O–H groups in total. The van der Waals surface area contributed by atoms with E-state index in [2.05, 4.69) is 18.2 Å². The highest BCUT2D eigenvalue weighted by atomic mass is 16.5. The number of aromatic nitrogens is 1. The number of hydrogen-bond donors (Lipinski definition) is 0. The monoisotopic (exact) mass is 414 g/mol. The fourth-order valence-electron chi connectivity index (χ4n) is 4.13. The number of likely N-dealkylation sites (N-methyl/N-ethyl adjacent to an activating group) is 1. The zero-order valence-electron chi connectivity index (χ0n) is 17.9. The Morgan fingerprint density at radius 2 is 1.71 bits per heavy atom. The van der Waals surface area contributed by atoms with Crippen LogP contribution in [0.3, 0.4) is 0 Å². The van der Waals surface area contributed by atoms with E-state index in [1.54, 1.807) is 4.90 Å². The smallest absolute Gasteiger partial charge is 0.339 e. The topological polar surface area (TPSA) is 59.5 Å². The zero-order valence-corrected chi connectivity index (χ0v) is 17.9. The molecule has 1 aromatic heterocycles. The largest absolute Gasteiger partial charge is 0.452 e. The predicted octanol–water partition coefficient (Wildman–Crippen LogP) is 4.75. The lowest BCUT2D eigenvalue weighted by Gasteiger charge is -2.18. The molecule has 0 bridgehead atoms. The van der Waals surface area contributed by atoms with Crippen molar-refractivity contribution in [2.45, 2.75) is 26.7 Å². The molecule has 5 heteroatoms. The molecule has 1 aliphatic carbocycles. The summed E-state index contributed by atoms with van der Waals surface area (Å²) in [5, 5.41) is 0.766. The van der Waals surface area contributed by atoms with E-state index in [9.17, 15) is 9.59 Å². The Morgan fingerprint density at radius 3 is 2.45 bits per heavy atom. The highest BCUT2D eigenvalue weighted by Gasteiger charge is 2.28. The van der Waals surface area contributed by atoms with Crippen molar-refractivity contribution in [1.29, 1.82) is 0 Å². The zero-order chi connectivity index (χ0) is 21.8. The lowest BCUT2D eigenvalue weighted by molar-refractivity contribution is -0.134. The average molecular weight is 415 g/mol. The first-order valence-corrected chi connectivity index (χ1v) is 10.7. The molecule has 0 fully saturated rings. The molecule has 0 aliphatic heterocycles. The standard InChI is InChI=1S/C26H26N2O3/c1-3-28(4-2)23(29)17-31-26(30)24-20-12-8-9-13-22(20)27-25-19(14-15-21(24)25)16-18-10-6-5-7-11-18/h5-13,16H,3-4,14-15,17H2,1-2H3/b19-16+. The molecule has 0 atom stereocenters. The summed E-state index contributed by atoms with van der Waals surface area (Å²) in [7, 11) is 0. The van der Waals surface area contributed by atoms with Gasteiger partial charge in [0.2, 0.25) is 0 Å². The van der Waals surface area contributed by atoms with Gasteiger partial charge >= 0.3 is 5.97 Å². The summed E-state index contributed by atoms with van der Waals surface area (Å²) in [6, 6.07) is 17.7. The summed E-state index contributed by atoms with van der Waals surface area (Å²) >= 11 is 0. The molecule has 0 unspecified atom stereocenters. The van der Waals surface area contributed by atoms with Crippen LogP contribution in [-0.2, 0) is 16.0 Å². The fraction of sp³-hybridized carbons (Fsp3) is 0.269. The molecule has 0 saturated heterocycles. The van der Waals surface area contributed by atoms with Crippen LogP contribution < -0.4 is 0 Å². The van der Waals surface area contributed by atoms with Gasteiger partial charge in [0.05, 0.1) is 16.8 Å². The van der Waals surface area contributed by atoms with Gasteiger partial charge in [-0.1, -0.05) is 48.5 Å². The van der Waals surface area contributed by atoms with Gasteiger partial charge < -0.3 is 9.64 Å². The van der Waals surface area contributed by atoms with Crippen LogP contribution in [0.1, 0.15) is 47.4 Å². The highest BCUT2D eigenvalue weighted by molar-refractivity contribution is 6.07. The van der Waals surface area contributed by atoms with Crippen molar-refractivity contribution < 1.29 is 14.3 Å². The first kappa shape index (κ1) is 20.8. The van der Waals surface area contributed by atoms with Crippen molar-refractivity contribution in [2.75, 3.05) is 19.7 Å². The highest BCUT2D eigenvalue weighted by Crippen LogP contribution is 2.37. The van der Waals surface area contributed by atoms with E-state index in [0.717, 1.165) is 46.1 Å². The van der Waals surface area contributed by atoms with Crippen molar-refractivity contribution in [3.8, 4) is 0 Å². The SMILES string of the molecule is CCN(CC)C(=O)COC(=O)c1c2c(nc3ccccc13)/C(=C/c1ccccc1)CC2. The Kier molecular flexibility index (Phi) is 6.12. The van der Waals surface area contributed by atoms with E-state index in [1.165, 1.54) is 0 Å². The third kappa shape index (κ3) is 4.22. The molecule has 0 spiro atoms. The summed E-state index contributed by atoms with van der Waals surface area (Å²) < 4.78 is 5.48. The molecule has 1 aliphatic rings. The van der Waals surface area contributed by atoms with Crippen molar-refractivity contribution in [1.82, 2.24) is 9.88 Å². The fourth-order valence-corrected chi connectivity index (χ4v) is 4.13. The summed E-state index contributed by atoms with van der Waals surface area (Å²) in [5.74, 6) is -0.644. The number of hydrogen-bond acceptors (Lipinski definition) is 4. The molecule has 3 aromatic rings. The molecule has 0 radical (unpaired) electrons. The maximum atomic E-state index is 13.1. The number of fused-ring (bicyclic) bond motifs is 2. The molecule has 5 nitrogen and oxygen atoms in total. The van der Waals surface area contributed by atoms with Crippen molar-refractivity contribution in [3.05, 3.63) is 77.0 Å². The minimum Gasteiger partial charge on any atom is -0.452 e. The first-order chi connectivity index (χ1) is 15.1. The number of amides is 1. The number of allylic oxidation sites excluding steroid dienone is 1. The number of esters is 1. The van der Waals surface area contributed by atoms with Gasteiger partial charge in [0, 0.05) is 18.5 Å². The van der Waals surface area contributed by atoms with E-state index in [-0.39, 0.29) is 12.5 Å². The van der Waals surface area contributed by atoms with E-state index in [0.29, 0.717) is 18.7 Å². The summed E-state index contributed by atoms with van der Waals surface area (Å²) in [5.41, 5.74) is 5.26. The number of para-hydroxylation sites is 1. The van der Waals surface area contributed by atoms with Crippen LogP contribution in [-0.4, -0.2) is 41.5 Å². The normalized spacial score (nSPS) is 13.9. The minimum atomic E-state index is -0.462. The number of rotatable bonds is 6. The van der Waals surface area contributed by atoms with Crippen LogP contribution >= 0.6 is 0 Å². The molecule has 1 amide bonds. The first-order valence-electron chi connectivity index (χ1n) is 10.7. The van der Waals surface area contributed by atoms with Crippen LogP contribution in [0.5, 0.6) is 0 Å². The van der Waals surface area contributed by atoms with E-state index in [1.807, 2.05) is 56.3 Å². The number of ether oxygens (including phenoxy) is 1. The van der Waals surface area contributed by atoms with Crippen molar-refractivity contribution in [2.24, 2.45) is 0 Å². The van der Waals surface area contributed by atoms with Crippen LogP contribution in [0.25, 0.3) is 22.6 Å². The molecule has 2 aromatic carbocycles. The van der Waals surface area contributed by atoms with Gasteiger partial charge in [-0.05, 0) is 55.5 Å². The van der Waals surface area contributed by atoms with Crippen LogP contribution in [0.15, 0.2) is 54.6 Å². The second-order valence-electron chi connectivity index (χ2n) is 7.55. The Labute approximate surface area is 182 Å². The van der Waals surface area contributed by atoms with Gasteiger partial charge in [-0.15, -0.1) is 0 Å². The number of nitrogens with zero attached hydrogens (tertiary/aromatic N) is 2. The van der Waals surface area contributed by atoms with Gasteiger partial charge in [0.1, 0.15) is 0 Å². The molecule has 0 saturated carbocycles. The van der Waals surface area contributed by atoms with Gasteiger partial charge in [0.15, 0.2) is 6.61 Å². The number of carbonyl (C=O) groups is 2. The van der Waals surface area contributed by atoms with Gasteiger partial charge in [-0.3, -0.25) is 4.79 Å². The second kappa shape index (κ2) is 9.13. The lowest BCUT2D eigenvalue weighted by atomic mass is 10.0. The second-order valence-corrected chi connectivity index (χ2v) is 7.55. The summed E-state index contributed by atoms with van der Waals surface area (Å²) in [6.45, 7) is 4.75. The van der Waals surface area contributed by atoms with Crippen molar-refractivity contribution >= 4 is 34.4 Å².